The molecule has 0 bridgehead atoms. The van der Waals surface area contributed by atoms with Crippen LogP contribution < -0.4 is 10.1 Å². The van der Waals surface area contributed by atoms with Crippen LogP contribution in [0.3, 0.4) is 0 Å². The van der Waals surface area contributed by atoms with Crippen LogP contribution >= 0.6 is 27.3 Å². The first-order valence-electron chi connectivity index (χ1n) is 11.9. The molecule has 0 radical (unpaired) electrons. The van der Waals surface area contributed by atoms with Crippen LogP contribution in [0.1, 0.15) is 46.1 Å². The third-order valence-electron chi connectivity index (χ3n) is 6.93. The number of carbonyl (C=O) groups is 1. The number of nitrogens with one attached hydrogen (secondary N) is 1. The van der Waals surface area contributed by atoms with E-state index in [9.17, 15) is 4.79 Å². The standard InChI is InChI=1S/C28H26BrN3O2S/c1-34-21-10-4-7-18(15-21)26-24-12-6-14-31(24)27-23(22-11-2-3-13-25(22)35-27)17-32(26)28(33)30-20-9-5-8-19(29)16-20/h4-10,12,14-16,26H,2-3,11,13,17H2,1H3,(H,30,33)/t26-/m1/s1. The molecule has 0 saturated carbocycles. The highest BCUT2D eigenvalue weighted by Crippen LogP contribution is 2.44. The molecule has 0 spiro atoms. The second kappa shape index (κ2) is 9.21. The third-order valence-corrected chi connectivity index (χ3v) is 8.75. The molecular weight excluding hydrogens is 522 g/mol. The zero-order valence-electron chi connectivity index (χ0n) is 19.5. The van der Waals surface area contributed by atoms with Crippen LogP contribution in [0.4, 0.5) is 10.5 Å². The molecule has 6 rings (SSSR count). The molecule has 0 saturated heterocycles. The van der Waals surface area contributed by atoms with Crippen LogP contribution in [0.15, 0.2) is 71.3 Å². The minimum atomic E-state index is -0.258. The van der Waals surface area contributed by atoms with Crippen LogP contribution in [-0.4, -0.2) is 22.6 Å². The number of nitrogens with zero attached hydrogens (tertiary/aromatic N) is 2. The topological polar surface area (TPSA) is 46.5 Å². The van der Waals surface area contributed by atoms with E-state index < -0.39 is 0 Å². The average Bonchev–Trinajstić information content (AvgIpc) is 3.46. The molecule has 35 heavy (non-hydrogen) atoms. The molecule has 1 atom stereocenters. The number of methoxy groups -OCH3 is 1. The lowest BCUT2D eigenvalue weighted by Crippen LogP contribution is -2.38. The predicted octanol–water partition coefficient (Wildman–Crippen LogP) is 7.33. The molecule has 2 aliphatic rings. The van der Waals surface area contributed by atoms with Crippen LogP contribution in [0.2, 0.25) is 0 Å². The first kappa shape index (κ1) is 22.4. The minimum absolute atomic E-state index is 0.118. The summed E-state index contributed by atoms with van der Waals surface area (Å²) in [5, 5.41) is 4.41. The second-order valence-electron chi connectivity index (χ2n) is 9.05. The number of carbonyl (C=O) groups excluding carboxylic acids is 1. The highest BCUT2D eigenvalue weighted by atomic mass is 79.9. The zero-order valence-corrected chi connectivity index (χ0v) is 21.9. The number of hydrogen-bond donors (Lipinski definition) is 1. The van der Waals surface area contributed by atoms with Crippen molar-refractivity contribution in [1.82, 2.24) is 9.47 Å². The van der Waals surface area contributed by atoms with Gasteiger partial charge in [0.05, 0.1) is 25.4 Å². The number of hydrogen-bond acceptors (Lipinski definition) is 3. The highest BCUT2D eigenvalue weighted by molar-refractivity contribution is 9.10. The number of benzene rings is 2. The van der Waals surface area contributed by atoms with Gasteiger partial charge in [0.2, 0.25) is 0 Å². The van der Waals surface area contributed by atoms with Crippen molar-refractivity contribution in [2.45, 2.75) is 38.3 Å². The van der Waals surface area contributed by atoms with Gasteiger partial charge in [-0.25, -0.2) is 4.79 Å². The largest absolute Gasteiger partial charge is 0.497 e. The molecule has 1 aliphatic heterocycles. The van der Waals surface area contributed by atoms with Crippen molar-refractivity contribution in [3.63, 3.8) is 0 Å². The lowest BCUT2D eigenvalue weighted by molar-refractivity contribution is 0.194. The van der Waals surface area contributed by atoms with Gasteiger partial charge in [0.25, 0.3) is 0 Å². The lowest BCUT2D eigenvalue weighted by atomic mass is 9.95. The number of urea groups is 1. The Morgan fingerprint density at radius 1 is 1.06 bits per heavy atom. The summed E-state index contributed by atoms with van der Waals surface area (Å²) in [6.45, 7) is 0.560. The molecule has 2 amide bonds. The van der Waals surface area contributed by atoms with E-state index in [1.807, 2.05) is 58.7 Å². The fraction of sp³-hybridized carbons (Fsp3) is 0.250. The SMILES string of the molecule is COc1cccc([C@@H]2c3cccn3-c3sc4c(c3CN2C(=O)Nc2cccc(Br)c2)CCCC4)c1. The second-order valence-corrected chi connectivity index (χ2v) is 11.0. The van der Waals surface area contributed by atoms with E-state index in [-0.39, 0.29) is 12.1 Å². The number of thiophene rings is 1. The minimum Gasteiger partial charge on any atom is -0.497 e. The van der Waals surface area contributed by atoms with E-state index >= 15 is 0 Å². The molecule has 0 unspecified atom stereocenters. The molecule has 5 nitrogen and oxygen atoms in total. The third kappa shape index (κ3) is 4.06. The first-order valence-corrected chi connectivity index (χ1v) is 13.5. The molecule has 7 heteroatoms. The number of rotatable bonds is 3. The van der Waals surface area contributed by atoms with Crippen LogP contribution in [-0.2, 0) is 19.4 Å². The van der Waals surface area contributed by atoms with E-state index in [2.05, 4.69) is 50.2 Å². The fourth-order valence-electron chi connectivity index (χ4n) is 5.31. The van der Waals surface area contributed by atoms with Crippen LogP contribution in [0.25, 0.3) is 5.00 Å². The molecule has 1 N–H and O–H groups in total. The summed E-state index contributed by atoms with van der Waals surface area (Å²) in [5.74, 6) is 0.782. The number of fused-ring (bicyclic) bond motifs is 5. The van der Waals surface area contributed by atoms with Crippen molar-refractivity contribution < 1.29 is 9.53 Å². The van der Waals surface area contributed by atoms with Crippen molar-refractivity contribution >= 4 is 39.0 Å². The van der Waals surface area contributed by atoms with Gasteiger partial charge in [-0.1, -0.05) is 34.1 Å². The summed E-state index contributed by atoms with van der Waals surface area (Å²) in [6.07, 6.45) is 6.80. The number of aromatic nitrogens is 1. The Kier molecular flexibility index (Phi) is 5.90. The van der Waals surface area contributed by atoms with Gasteiger partial charge < -0.3 is 19.5 Å². The van der Waals surface area contributed by atoms with Gasteiger partial charge in [-0.3, -0.25) is 0 Å². The van der Waals surface area contributed by atoms with E-state index in [4.69, 9.17) is 4.74 Å². The smallest absolute Gasteiger partial charge is 0.322 e. The quantitative estimate of drug-likeness (QED) is 0.292. The maximum atomic E-state index is 14.0. The highest BCUT2D eigenvalue weighted by Gasteiger charge is 2.36. The molecule has 178 valence electrons. The van der Waals surface area contributed by atoms with Crippen LogP contribution in [0, 0.1) is 0 Å². The zero-order chi connectivity index (χ0) is 23.9. The Bertz CT molecular complexity index is 1410. The molecular formula is C28H26BrN3O2S. The normalized spacial score (nSPS) is 16.6. The molecule has 1 aliphatic carbocycles. The van der Waals surface area contributed by atoms with Gasteiger partial charge in [-0.15, -0.1) is 11.3 Å². The van der Waals surface area contributed by atoms with E-state index in [1.165, 1.54) is 33.8 Å². The Balaban J connectivity index is 1.50. The molecule has 4 aromatic rings. The Hall–Kier alpha value is -3.03. The molecule has 0 fully saturated rings. The molecule has 2 aromatic carbocycles. The van der Waals surface area contributed by atoms with Gasteiger partial charge in [0, 0.05) is 26.8 Å². The Morgan fingerprint density at radius 2 is 1.91 bits per heavy atom. The van der Waals surface area contributed by atoms with Crippen molar-refractivity contribution in [3.8, 4) is 10.8 Å². The van der Waals surface area contributed by atoms with Crippen LogP contribution in [0.5, 0.6) is 5.75 Å². The fourth-order valence-corrected chi connectivity index (χ4v) is 7.11. The molecule has 3 heterocycles. The van der Waals surface area contributed by atoms with E-state index in [0.717, 1.165) is 40.0 Å². The van der Waals surface area contributed by atoms with Gasteiger partial charge in [0.1, 0.15) is 10.8 Å². The maximum absolute atomic E-state index is 14.0. The van der Waals surface area contributed by atoms with Crippen molar-refractivity contribution in [1.29, 1.82) is 0 Å². The summed E-state index contributed by atoms with van der Waals surface area (Å²) >= 11 is 5.41. The maximum Gasteiger partial charge on any atom is 0.322 e. The van der Waals surface area contributed by atoms with Crippen molar-refractivity contribution in [2.75, 3.05) is 12.4 Å². The van der Waals surface area contributed by atoms with Gasteiger partial charge >= 0.3 is 6.03 Å². The number of ether oxygens (including phenoxy) is 1. The number of aryl methyl sites for hydroxylation is 1. The van der Waals surface area contributed by atoms with E-state index in [1.54, 1.807) is 7.11 Å². The predicted molar refractivity (Wildman–Crippen MR) is 144 cm³/mol. The van der Waals surface area contributed by atoms with Gasteiger partial charge in [-0.2, -0.15) is 0 Å². The first-order chi connectivity index (χ1) is 17.1. The summed E-state index contributed by atoms with van der Waals surface area (Å²) in [6, 6.07) is 19.6. The summed E-state index contributed by atoms with van der Waals surface area (Å²) in [7, 11) is 1.68. The monoisotopic (exact) mass is 547 g/mol. The van der Waals surface area contributed by atoms with Crippen molar-refractivity contribution in [3.05, 3.63) is 98.6 Å². The number of anilines is 1. The summed E-state index contributed by atoms with van der Waals surface area (Å²) < 4.78 is 8.77. The van der Waals surface area contributed by atoms with Crippen molar-refractivity contribution in [2.24, 2.45) is 0 Å². The summed E-state index contributed by atoms with van der Waals surface area (Å²) in [4.78, 5) is 17.4. The van der Waals surface area contributed by atoms with E-state index in [0.29, 0.717) is 6.54 Å². The number of halogens is 1. The number of amides is 2. The Labute approximate surface area is 217 Å². The molecule has 2 aromatic heterocycles. The Morgan fingerprint density at radius 3 is 2.77 bits per heavy atom. The van der Waals surface area contributed by atoms with Gasteiger partial charge in [-0.05, 0) is 79.3 Å². The average molecular weight is 549 g/mol. The van der Waals surface area contributed by atoms with Gasteiger partial charge in [0.15, 0.2) is 0 Å². The lowest BCUT2D eigenvalue weighted by Gasteiger charge is -2.31. The summed E-state index contributed by atoms with van der Waals surface area (Å²) in [5.41, 5.74) is 5.61.